The van der Waals surface area contributed by atoms with Crippen LogP contribution in [0.15, 0.2) is 28.2 Å². The molecule has 3 aliphatic rings. The number of nitrogens with one attached hydrogen (secondary N) is 1. The van der Waals surface area contributed by atoms with E-state index in [1.165, 1.54) is 28.6 Å². The average Bonchev–Trinajstić information content (AvgIpc) is 3.60. The van der Waals surface area contributed by atoms with Crippen LogP contribution in [0.1, 0.15) is 60.6 Å². The van der Waals surface area contributed by atoms with Crippen LogP contribution in [0.25, 0.3) is 10.2 Å². The third-order valence-electron chi connectivity index (χ3n) is 6.94. The van der Waals surface area contributed by atoms with E-state index >= 15 is 0 Å². The van der Waals surface area contributed by atoms with Crippen molar-refractivity contribution in [2.75, 3.05) is 12.5 Å². The Morgan fingerprint density at radius 3 is 2.85 bits per heavy atom. The minimum absolute atomic E-state index is 0.0829. The van der Waals surface area contributed by atoms with E-state index in [2.05, 4.69) is 5.32 Å². The van der Waals surface area contributed by atoms with Crippen LogP contribution in [-0.4, -0.2) is 28.0 Å². The zero-order valence-electron chi connectivity index (χ0n) is 18.9. The topological polar surface area (TPSA) is 82.5 Å². The van der Waals surface area contributed by atoms with E-state index in [9.17, 15) is 9.59 Å². The first-order valence-corrected chi connectivity index (χ1v) is 13.8. The van der Waals surface area contributed by atoms with Gasteiger partial charge in [0, 0.05) is 17.5 Å². The molecule has 0 bridgehead atoms. The summed E-state index contributed by atoms with van der Waals surface area (Å²) < 4.78 is 12.7. The molecule has 0 spiro atoms. The Labute approximate surface area is 205 Å². The molecule has 1 N–H and O–H groups in total. The van der Waals surface area contributed by atoms with Crippen molar-refractivity contribution < 1.29 is 14.3 Å². The van der Waals surface area contributed by atoms with E-state index in [1.54, 1.807) is 11.3 Å². The zero-order chi connectivity index (χ0) is 23.1. The summed E-state index contributed by atoms with van der Waals surface area (Å²) in [5, 5.41) is 4.49. The van der Waals surface area contributed by atoms with Gasteiger partial charge in [0.25, 0.3) is 5.56 Å². The summed E-state index contributed by atoms with van der Waals surface area (Å²) in [4.78, 5) is 33.5. The molecule has 1 saturated carbocycles. The van der Waals surface area contributed by atoms with Crippen LogP contribution in [0.2, 0.25) is 0 Å². The van der Waals surface area contributed by atoms with Gasteiger partial charge in [0.15, 0.2) is 16.7 Å². The molecule has 0 radical (unpaired) electrons. The number of aryl methyl sites for hydroxylation is 2. The summed E-state index contributed by atoms with van der Waals surface area (Å²) in [5.74, 6) is 1.57. The summed E-state index contributed by atoms with van der Waals surface area (Å²) in [5.41, 5.74) is 2.28. The van der Waals surface area contributed by atoms with Crippen molar-refractivity contribution in [2.45, 2.75) is 69.1 Å². The molecule has 1 fully saturated rings. The van der Waals surface area contributed by atoms with Crippen molar-refractivity contribution in [2.24, 2.45) is 0 Å². The van der Waals surface area contributed by atoms with Crippen molar-refractivity contribution in [1.29, 1.82) is 0 Å². The SMILES string of the molecule is O=C(CSc1nc2sc3c(c2c(=O)n1C1CCCC1)CCCC3)NCc1ccc2c(c1)OCO2. The van der Waals surface area contributed by atoms with Crippen LogP contribution in [0.3, 0.4) is 0 Å². The molecule has 1 amide bonds. The van der Waals surface area contributed by atoms with E-state index in [4.69, 9.17) is 14.5 Å². The number of carbonyl (C=O) groups is 1. The van der Waals surface area contributed by atoms with E-state index in [-0.39, 0.29) is 30.1 Å². The minimum Gasteiger partial charge on any atom is -0.454 e. The Morgan fingerprint density at radius 1 is 1.15 bits per heavy atom. The van der Waals surface area contributed by atoms with Crippen molar-refractivity contribution >= 4 is 39.2 Å². The van der Waals surface area contributed by atoms with Crippen molar-refractivity contribution in [3.8, 4) is 11.5 Å². The average molecular weight is 498 g/mol. The molecule has 0 atom stereocenters. The van der Waals surface area contributed by atoms with Gasteiger partial charge in [-0.15, -0.1) is 11.3 Å². The van der Waals surface area contributed by atoms with Crippen LogP contribution in [0.5, 0.6) is 11.5 Å². The Hall–Kier alpha value is -2.52. The van der Waals surface area contributed by atoms with Gasteiger partial charge in [0.05, 0.1) is 11.1 Å². The van der Waals surface area contributed by atoms with Crippen molar-refractivity contribution in [1.82, 2.24) is 14.9 Å². The molecule has 34 heavy (non-hydrogen) atoms. The summed E-state index contributed by atoms with van der Waals surface area (Å²) in [6.45, 7) is 0.643. The van der Waals surface area contributed by atoms with Crippen LogP contribution >= 0.6 is 23.1 Å². The molecular formula is C25H27N3O4S2. The van der Waals surface area contributed by atoms with Gasteiger partial charge in [0.2, 0.25) is 12.7 Å². The third kappa shape index (κ3) is 4.09. The predicted octanol–water partition coefficient (Wildman–Crippen LogP) is 4.59. The fraction of sp³-hybridized carbons (Fsp3) is 0.480. The summed E-state index contributed by atoms with van der Waals surface area (Å²) in [6, 6.07) is 5.86. The van der Waals surface area contributed by atoms with Gasteiger partial charge in [-0.05, 0) is 61.8 Å². The van der Waals surface area contributed by atoms with E-state index in [0.29, 0.717) is 17.5 Å². The molecule has 2 aliphatic carbocycles. The van der Waals surface area contributed by atoms with E-state index in [0.717, 1.165) is 66.5 Å². The number of nitrogens with zero attached hydrogens (tertiary/aromatic N) is 2. The highest BCUT2D eigenvalue weighted by Crippen LogP contribution is 2.37. The van der Waals surface area contributed by atoms with E-state index < -0.39 is 0 Å². The normalized spacial score (nSPS) is 17.3. The highest BCUT2D eigenvalue weighted by Gasteiger charge is 2.27. The van der Waals surface area contributed by atoms with Crippen LogP contribution in [0.4, 0.5) is 0 Å². The Kier molecular flexibility index (Phi) is 5.99. The number of fused-ring (bicyclic) bond motifs is 4. The van der Waals surface area contributed by atoms with Gasteiger partial charge < -0.3 is 14.8 Å². The lowest BCUT2D eigenvalue weighted by Gasteiger charge is -2.18. The smallest absolute Gasteiger partial charge is 0.263 e. The second-order valence-electron chi connectivity index (χ2n) is 9.15. The van der Waals surface area contributed by atoms with Crippen LogP contribution in [0, 0.1) is 0 Å². The lowest BCUT2D eigenvalue weighted by Crippen LogP contribution is -2.28. The van der Waals surface area contributed by atoms with Crippen LogP contribution in [-0.2, 0) is 24.2 Å². The lowest BCUT2D eigenvalue weighted by atomic mass is 9.97. The maximum atomic E-state index is 13.7. The maximum absolute atomic E-state index is 13.7. The molecule has 0 saturated heterocycles. The molecule has 9 heteroatoms. The number of carbonyl (C=O) groups excluding carboxylic acids is 1. The van der Waals surface area contributed by atoms with E-state index in [1.807, 2.05) is 22.8 Å². The number of aromatic nitrogens is 2. The standard InChI is InChI=1S/C25H27N3O4S2/c29-21(26-12-15-9-10-18-19(11-15)32-14-31-18)13-33-25-27-23-22(17-7-3-4-8-20(17)34-23)24(30)28(25)16-5-1-2-6-16/h9-11,16H,1-8,12-14H2,(H,26,29). The number of ether oxygens (including phenoxy) is 2. The highest BCUT2D eigenvalue weighted by atomic mass is 32.2. The molecule has 1 aliphatic heterocycles. The second kappa shape index (κ2) is 9.26. The first-order chi connectivity index (χ1) is 16.7. The lowest BCUT2D eigenvalue weighted by molar-refractivity contribution is -0.118. The first-order valence-electron chi connectivity index (χ1n) is 12.0. The molecule has 178 valence electrons. The molecule has 3 heterocycles. The summed E-state index contributed by atoms with van der Waals surface area (Å²) in [7, 11) is 0. The Morgan fingerprint density at radius 2 is 1.97 bits per heavy atom. The van der Waals surface area contributed by atoms with Crippen molar-refractivity contribution in [3.05, 3.63) is 44.6 Å². The molecule has 2 aromatic heterocycles. The monoisotopic (exact) mass is 497 g/mol. The molecule has 6 rings (SSSR count). The van der Waals surface area contributed by atoms with Gasteiger partial charge in [-0.3, -0.25) is 14.2 Å². The molecular weight excluding hydrogens is 470 g/mol. The van der Waals surface area contributed by atoms with Gasteiger partial charge in [0.1, 0.15) is 4.83 Å². The summed E-state index contributed by atoms with van der Waals surface area (Å²) >= 11 is 3.04. The number of rotatable bonds is 6. The maximum Gasteiger partial charge on any atom is 0.263 e. The molecule has 3 aromatic rings. The second-order valence-corrected chi connectivity index (χ2v) is 11.2. The fourth-order valence-corrected chi connectivity index (χ4v) is 7.42. The number of thioether (sulfide) groups is 1. The number of thiophene rings is 1. The van der Waals surface area contributed by atoms with Gasteiger partial charge >= 0.3 is 0 Å². The molecule has 0 unspecified atom stereocenters. The van der Waals surface area contributed by atoms with Gasteiger partial charge in [-0.1, -0.05) is 30.7 Å². The molecule has 1 aromatic carbocycles. The van der Waals surface area contributed by atoms with Gasteiger partial charge in [-0.25, -0.2) is 4.98 Å². The number of benzene rings is 1. The highest BCUT2D eigenvalue weighted by molar-refractivity contribution is 7.99. The number of hydrogen-bond donors (Lipinski definition) is 1. The van der Waals surface area contributed by atoms with Crippen LogP contribution < -0.4 is 20.3 Å². The predicted molar refractivity (Wildman–Crippen MR) is 133 cm³/mol. The largest absolute Gasteiger partial charge is 0.454 e. The Balaban J connectivity index is 1.21. The quantitative estimate of drug-likeness (QED) is 0.396. The molecule has 7 nitrogen and oxygen atoms in total. The van der Waals surface area contributed by atoms with Crippen molar-refractivity contribution in [3.63, 3.8) is 0 Å². The summed E-state index contributed by atoms with van der Waals surface area (Å²) in [6.07, 6.45) is 8.62. The third-order valence-corrected chi connectivity index (χ3v) is 9.08. The Bertz CT molecular complexity index is 1310. The first kappa shape index (κ1) is 22.0. The number of hydrogen-bond acceptors (Lipinski definition) is 7. The number of amides is 1. The minimum atomic E-state index is -0.0829. The zero-order valence-corrected chi connectivity index (χ0v) is 20.6. The fourth-order valence-electron chi connectivity index (χ4n) is 5.22. The van der Waals surface area contributed by atoms with Gasteiger partial charge in [-0.2, -0.15) is 0 Å².